The molecule has 2 aromatic rings. The van der Waals surface area contributed by atoms with Crippen molar-refractivity contribution in [3.8, 4) is 0 Å². The van der Waals surface area contributed by atoms with E-state index in [1.54, 1.807) is 17.9 Å². The van der Waals surface area contributed by atoms with Gasteiger partial charge < -0.3 is 14.7 Å². The monoisotopic (exact) mass is 439 g/mol. The van der Waals surface area contributed by atoms with Crippen molar-refractivity contribution in [1.82, 2.24) is 19.8 Å². The number of rotatable bonds is 4. The van der Waals surface area contributed by atoms with Gasteiger partial charge >= 0.3 is 6.18 Å². The molecule has 0 bridgehead atoms. The van der Waals surface area contributed by atoms with Crippen molar-refractivity contribution in [1.29, 1.82) is 0 Å². The molecule has 0 aromatic carbocycles. The fourth-order valence-electron chi connectivity index (χ4n) is 4.66. The van der Waals surface area contributed by atoms with Gasteiger partial charge in [0.05, 0.1) is 17.4 Å². The Morgan fingerprint density at radius 3 is 2.77 bits per heavy atom. The minimum Gasteiger partial charge on any atom is -0.367 e. The molecule has 4 heterocycles. The third-order valence-electron chi connectivity index (χ3n) is 6.35. The third-order valence-corrected chi connectivity index (χ3v) is 6.35. The average molecular weight is 439 g/mol. The molecule has 1 amide bonds. The minimum atomic E-state index is -4.38. The molecule has 2 aliphatic rings. The molecule has 2 aromatic heterocycles. The van der Waals surface area contributed by atoms with E-state index in [0.717, 1.165) is 17.5 Å². The number of amides is 1. The minimum absolute atomic E-state index is 0.0544. The van der Waals surface area contributed by atoms with Crippen LogP contribution in [0, 0.1) is 6.92 Å². The van der Waals surface area contributed by atoms with Crippen LogP contribution in [0.15, 0.2) is 10.6 Å². The highest BCUT2D eigenvalue weighted by Crippen LogP contribution is 2.42. The lowest BCUT2D eigenvalue weighted by Crippen LogP contribution is -2.40. The number of aryl methyl sites for hydroxylation is 2. The normalized spacial score (nSPS) is 24.1. The SMILES string of the molecule is CCc1onc(C)c1C(=O)N1CCCCC1c1cc2n(n1)[C@@H](C(F)(F)F)C[C@@H](CC)N2. The van der Waals surface area contributed by atoms with Crippen LogP contribution >= 0.6 is 0 Å². The first kappa shape index (κ1) is 21.7. The molecule has 0 aliphatic carbocycles. The predicted molar refractivity (Wildman–Crippen MR) is 108 cm³/mol. The fourth-order valence-corrected chi connectivity index (χ4v) is 4.66. The highest BCUT2D eigenvalue weighted by atomic mass is 19.4. The van der Waals surface area contributed by atoms with Crippen molar-refractivity contribution >= 4 is 11.7 Å². The second kappa shape index (κ2) is 8.20. The fraction of sp³-hybridized carbons (Fsp3) is 0.667. The number of aromatic nitrogens is 3. The number of nitrogens with one attached hydrogen (secondary N) is 1. The van der Waals surface area contributed by atoms with E-state index in [1.807, 2.05) is 13.8 Å². The van der Waals surface area contributed by atoms with E-state index in [9.17, 15) is 18.0 Å². The number of fused-ring (bicyclic) bond motifs is 1. The zero-order valence-electron chi connectivity index (χ0n) is 18.0. The van der Waals surface area contributed by atoms with Crippen LogP contribution in [-0.2, 0) is 6.42 Å². The number of carbonyl (C=O) groups excluding carboxylic acids is 1. The quantitative estimate of drug-likeness (QED) is 0.740. The van der Waals surface area contributed by atoms with Gasteiger partial charge in [-0.3, -0.25) is 4.79 Å². The van der Waals surface area contributed by atoms with Crippen molar-refractivity contribution < 1.29 is 22.5 Å². The van der Waals surface area contributed by atoms with Crippen LogP contribution in [0.1, 0.15) is 85.5 Å². The smallest absolute Gasteiger partial charge is 0.367 e. The van der Waals surface area contributed by atoms with Crippen molar-refractivity contribution in [2.75, 3.05) is 11.9 Å². The zero-order chi connectivity index (χ0) is 22.3. The van der Waals surface area contributed by atoms with Crippen molar-refractivity contribution in [3.63, 3.8) is 0 Å². The van der Waals surface area contributed by atoms with Crippen molar-refractivity contribution in [2.45, 2.75) is 83.6 Å². The van der Waals surface area contributed by atoms with Gasteiger partial charge in [-0.2, -0.15) is 18.3 Å². The third kappa shape index (κ3) is 3.92. The van der Waals surface area contributed by atoms with E-state index >= 15 is 0 Å². The Morgan fingerprint density at radius 1 is 1.32 bits per heavy atom. The molecule has 0 saturated carbocycles. The molecule has 1 fully saturated rings. The molecule has 1 saturated heterocycles. The first-order valence-electron chi connectivity index (χ1n) is 10.9. The zero-order valence-corrected chi connectivity index (χ0v) is 18.0. The molecule has 1 N–H and O–H groups in total. The first-order valence-corrected chi connectivity index (χ1v) is 10.9. The standard InChI is InChI=1S/C21H28F3N5O2/c1-4-13-10-17(21(22,23)24)29-18(25-13)11-14(26-29)15-8-6-7-9-28(15)20(30)19-12(3)27-31-16(19)5-2/h11,13,15,17,25H,4-10H2,1-3H3/t13-,15?,17-/m1/s1. The van der Waals surface area contributed by atoms with Crippen LogP contribution in [0.2, 0.25) is 0 Å². The number of halogens is 3. The summed E-state index contributed by atoms with van der Waals surface area (Å²) in [5, 5.41) is 11.5. The predicted octanol–water partition coefficient (Wildman–Crippen LogP) is 4.81. The second-order valence-corrected chi connectivity index (χ2v) is 8.37. The molecule has 4 rings (SSSR count). The number of hydrogen-bond acceptors (Lipinski definition) is 5. The summed E-state index contributed by atoms with van der Waals surface area (Å²) in [7, 11) is 0. The number of likely N-dealkylation sites (tertiary alicyclic amines) is 1. The Labute approximate surface area is 178 Å². The Balaban J connectivity index is 1.69. The van der Waals surface area contributed by atoms with Gasteiger partial charge in [-0.1, -0.05) is 19.0 Å². The molecular formula is C21H28F3N5O2. The van der Waals surface area contributed by atoms with Crippen LogP contribution in [0.3, 0.4) is 0 Å². The molecule has 170 valence electrons. The lowest BCUT2D eigenvalue weighted by Gasteiger charge is -2.35. The Hall–Kier alpha value is -2.52. The van der Waals surface area contributed by atoms with Gasteiger partial charge in [0.15, 0.2) is 6.04 Å². The Bertz CT molecular complexity index is 951. The maximum atomic E-state index is 13.7. The molecule has 7 nitrogen and oxygen atoms in total. The topological polar surface area (TPSA) is 76.2 Å². The lowest BCUT2D eigenvalue weighted by atomic mass is 9.97. The van der Waals surface area contributed by atoms with Crippen molar-refractivity contribution in [3.05, 3.63) is 28.8 Å². The number of hydrogen-bond donors (Lipinski definition) is 1. The van der Waals surface area contributed by atoms with E-state index in [1.165, 1.54) is 0 Å². The number of anilines is 1. The summed E-state index contributed by atoms with van der Waals surface area (Å²) in [5.41, 5.74) is 1.48. The van der Waals surface area contributed by atoms with Gasteiger partial charge in [0.25, 0.3) is 5.91 Å². The molecular weight excluding hydrogens is 411 g/mol. The maximum absolute atomic E-state index is 13.7. The van der Waals surface area contributed by atoms with Gasteiger partial charge in [0.2, 0.25) is 0 Å². The Kier molecular flexibility index (Phi) is 5.74. The van der Waals surface area contributed by atoms with Crippen LogP contribution in [0.5, 0.6) is 0 Å². The van der Waals surface area contributed by atoms with Crippen LogP contribution < -0.4 is 5.32 Å². The largest absolute Gasteiger partial charge is 0.410 e. The van der Waals surface area contributed by atoms with Gasteiger partial charge in [-0.15, -0.1) is 0 Å². The maximum Gasteiger partial charge on any atom is 0.410 e. The van der Waals surface area contributed by atoms with E-state index in [-0.39, 0.29) is 24.4 Å². The summed E-state index contributed by atoms with van der Waals surface area (Å²) in [4.78, 5) is 15.1. The molecule has 31 heavy (non-hydrogen) atoms. The second-order valence-electron chi connectivity index (χ2n) is 8.37. The molecule has 1 unspecified atom stereocenters. The molecule has 10 heteroatoms. The van der Waals surface area contributed by atoms with Gasteiger partial charge in [0, 0.05) is 25.1 Å². The van der Waals surface area contributed by atoms with Crippen LogP contribution in [0.4, 0.5) is 19.0 Å². The lowest BCUT2D eigenvalue weighted by molar-refractivity contribution is -0.173. The van der Waals surface area contributed by atoms with Crippen molar-refractivity contribution in [2.24, 2.45) is 0 Å². The summed E-state index contributed by atoms with van der Waals surface area (Å²) in [6, 6.07) is -0.631. The molecule has 3 atom stereocenters. The number of piperidine rings is 1. The van der Waals surface area contributed by atoms with Gasteiger partial charge in [-0.25, -0.2) is 4.68 Å². The van der Waals surface area contributed by atoms with Crippen LogP contribution in [-0.4, -0.2) is 44.5 Å². The summed E-state index contributed by atoms with van der Waals surface area (Å²) in [6.07, 6.45) is -0.937. The first-order chi connectivity index (χ1) is 14.7. The molecule has 2 aliphatic heterocycles. The number of alkyl halides is 3. The van der Waals surface area contributed by atoms with E-state index in [0.29, 0.717) is 54.3 Å². The molecule has 0 spiro atoms. The average Bonchev–Trinajstić information content (AvgIpc) is 3.34. The summed E-state index contributed by atoms with van der Waals surface area (Å²) >= 11 is 0. The van der Waals surface area contributed by atoms with E-state index in [2.05, 4.69) is 15.6 Å². The Morgan fingerprint density at radius 2 is 2.10 bits per heavy atom. The van der Waals surface area contributed by atoms with E-state index < -0.39 is 12.2 Å². The highest BCUT2D eigenvalue weighted by Gasteiger charge is 2.46. The van der Waals surface area contributed by atoms with Gasteiger partial charge in [0.1, 0.15) is 17.1 Å². The summed E-state index contributed by atoms with van der Waals surface area (Å²) in [5.74, 6) is 0.697. The number of carbonyl (C=O) groups is 1. The van der Waals surface area contributed by atoms with Crippen LogP contribution in [0.25, 0.3) is 0 Å². The van der Waals surface area contributed by atoms with Gasteiger partial charge in [-0.05, 0) is 39.0 Å². The highest BCUT2D eigenvalue weighted by molar-refractivity contribution is 5.96. The number of nitrogens with zero attached hydrogens (tertiary/aromatic N) is 4. The van der Waals surface area contributed by atoms with E-state index in [4.69, 9.17) is 4.52 Å². The summed E-state index contributed by atoms with van der Waals surface area (Å²) in [6.45, 7) is 6.01. The molecule has 0 radical (unpaired) electrons. The summed E-state index contributed by atoms with van der Waals surface area (Å²) < 4.78 is 47.5.